The highest BCUT2D eigenvalue weighted by Gasteiger charge is 2.10. The van der Waals surface area contributed by atoms with Crippen LogP contribution in [0.4, 0.5) is 0 Å². The van der Waals surface area contributed by atoms with E-state index in [2.05, 4.69) is 9.97 Å². The first-order chi connectivity index (χ1) is 9.54. The molecular weight excluding hydrogens is 291 g/mol. The van der Waals surface area contributed by atoms with Gasteiger partial charge in [0.15, 0.2) is 5.82 Å². The van der Waals surface area contributed by atoms with Gasteiger partial charge in [-0.25, -0.2) is 9.97 Å². The number of hydrogen-bond donors (Lipinski definition) is 0. The summed E-state index contributed by atoms with van der Waals surface area (Å²) >= 11 is 12.3. The van der Waals surface area contributed by atoms with Crippen LogP contribution in [-0.4, -0.2) is 9.97 Å². The second kappa shape index (κ2) is 5.04. The molecular formula is C16H12Cl2N2. The molecule has 0 aliphatic heterocycles. The maximum absolute atomic E-state index is 6.29. The van der Waals surface area contributed by atoms with Gasteiger partial charge in [0, 0.05) is 16.0 Å². The smallest absolute Gasteiger partial charge is 0.161 e. The van der Waals surface area contributed by atoms with Gasteiger partial charge in [-0.15, -0.1) is 0 Å². The molecule has 1 aromatic heterocycles. The third kappa shape index (κ3) is 2.37. The lowest BCUT2D eigenvalue weighted by Crippen LogP contribution is -1.94. The van der Waals surface area contributed by atoms with Crippen LogP contribution in [0.3, 0.4) is 0 Å². The van der Waals surface area contributed by atoms with E-state index < -0.39 is 0 Å². The van der Waals surface area contributed by atoms with Crippen molar-refractivity contribution >= 4 is 34.1 Å². The van der Waals surface area contributed by atoms with Crippen molar-refractivity contribution in [3.63, 3.8) is 0 Å². The lowest BCUT2D eigenvalue weighted by Gasteiger charge is -2.08. The van der Waals surface area contributed by atoms with Crippen LogP contribution in [0.1, 0.15) is 11.1 Å². The van der Waals surface area contributed by atoms with Gasteiger partial charge in [-0.05, 0) is 43.7 Å². The van der Waals surface area contributed by atoms with Crippen molar-refractivity contribution in [2.24, 2.45) is 0 Å². The van der Waals surface area contributed by atoms with Gasteiger partial charge in [0.2, 0.25) is 0 Å². The molecule has 0 atom stereocenters. The standard InChI is InChI=1S/C16H12Cl2N2/c1-9-3-6-14-13(7-9)15(18)20-16(19-14)12-8-11(17)5-4-10(12)2/h3-8H,1-2H3. The fourth-order valence-corrected chi connectivity index (χ4v) is 2.56. The van der Waals surface area contributed by atoms with Crippen molar-refractivity contribution in [1.29, 1.82) is 0 Å². The lowest BCUT2D eigenvalue weighted by atomic mass is 10.1. The molecule has 0 aliphatic carbocycles. The highest BCUT2D eigenvalue weighted by atomic mass is 35.5. The Hall–Kier alpha value is -1.64. The molecule has 0 saturated heterocycles. The van der Waals surface area contributed by atoms with Crippen molar-refractivity contribution in [3.05, 3.63) is 57.7 Å². The summed E-state index contributed by atoms with van der Waals surface area (Å²) in [4.78, 5) is 9.01. The first kappa shape index (κ1) is 13.3. The third-order valence-electron chi connectivity index (χ3n) is 3.25. The molecule has 1 heterocycles. The molecule has 0 spiro atoms. The molecule has 2 aromatic carbocycles. The first-order valence-corrected chi connectivity index (χ1v) is 7.00. The lowest BCUT2D eigenvalue weighted by molar-refractivity contribution is 1.21. The summed E-state index contributed by atoms with van der Waals surface area (Å²) in [6.45, 7) is 4.02. The maximum Gasteiger partial charge on any atom is 0.161 e. The molecule has 0 fully saturated rings. The summed E-state index contributed by atoms with van der Waals surface area (Å²) in [5.74, 6) is 0.603. The van der Waals surface area contributed by atoms with E-state index in [4.69, 9.17) is 23.2 Å². The van der Waals surface area contributed by atoms with Crippen LogP contribution >= 0.6 is 23.2 Å². The SMILES string of the molecule is Cc1ccc2nc(-c3cc(Cl)ccc3C)nc(Cl)c2c1. The van der Waals surface area contributed by atoms with Gasteiger partial charge in [0.25, 0.3) is 0 Å². The van der Waals surface area contributed by atoms with Crippen molar-refractivity contribution < 1.29 is 0 Å². The highest BCUT2D eigenvalue weighted by molar-refractivity contribution is 6.34. The minimum absolute atomic E-state index is 0.466. The van der Waals surface area contributed by atoms with Gasteiger partial charge in [0.1, 0.15) is 5.15 Å². The number of aryl methyl sites for hydroxylation is 2. The van der Waals surface area contributed by atoms with Crippen molar-refractivity contribution in [1.82, 2.24) is 9.97 Å². The van der Waals surface area contributed by atoms with E-state index in [0.29, 0.717) is 16.0 Å². The Bertz CT molecular complexity index is 813. The number of nitrogens with zero attached hydrogens (tertiary/aromatic N) is 2. The van der Waals surface area contributed by atoms with Crippen LogP contribution in [0.2, 0.25) is 10.2 Å². The van der Waals surface area contributed by atoms with Crippen LogP contribution in [0, 0.1) is 13.8 Å². The normalized spacial score (nSPS) is 11.0. The summed E-state index contributed by atoms with van der Waals surface area (Å²) in [6.07, 6.45) is 0. The zero-order valence-electron chi connectivity index (χ0n) is 11.1. The number of aromatic nitrogens is 2. The topological polar surface area (TPSA) is 25.8 Å². The Balaban J connectivity index is 2.27. The molecule has 20 heavy (non-hydrogen) atoms. The van der Waals surface area contributed by atoms with Gasteiger partial charge < -0.3 is 0 Å². The van der Waals surface area contributed by atoms with E-state index >= 15 is 0 Å². The molecule has 0 N–H and O–H groups in total. The van der Waals surface area contributed by atoms with Gasteiger partial charge in [-0.1, -0.05) is 40.9 Å². The van der Waals surface area contributed by atoms with E-state index in [0.717, 1.165) is 27.6 Å². The molecule has 0 bridgehead atoms. The van der Waals surface area contributed by atoms with Crippen LogP contribution in [0.15, 0.2) is 36.4 Å². The Morgan fingerprint density at radius 3 is 2.50 bits per heavy atom. The van der Waals surface area contributed by atoms with Gasteiger partial charge >= 0.3 is 0 Å². The molecule has 2 nitrogen and oxygen atoms in total. The fraction of sp³-hybridized carbons (Fsp3) is 0.125. The molecule has 0 radical (unpaired) electrons. The Morgan fingerprint density at radius 1 is 0.900 bits per heavy atom. The zero-order chi connectivity index (χ0) is 14.3. The van der Waals surface area contributed by atoms with E-state index in [-0.39, 0.29) is 0 Å². The quantitative estimate of drug-likeness (QED) is 0.576. The molecule has 3 rings (SSSR count). The predicted octanol–water partition coefficient (Wildman–Crippen LogP) is 5.22. The van der Waals surface area contributed by atoms with Crippen LogP contribution in [-0.2, 0) is 0 Å². The number of rotatable bonds is 1. The average Bonchev–Trinajstić information content (AvgIpc) is 2.42. The molecule has 0 saturated carbocycles. The molecule has 0 aliphatic rings. The second-order valence-corrected chi connectivity index (χ2v) is 5.61. The first-order valence-electron chi connectivity index (χ1n) is 6.25. The van der Waals surface area contributed by atoms with E-state index in [1.165, 1.54) is 0 Å². The minimum atomic E-state index is 0.466. The molecule has 4 heteroatoms. The Morgan fingerprint density at radius 2 is 1.70 bits per heavy atom. The van der Waals surface area contributed by atoms with E-state index in [1.807, 2.05) is 50.2 Å². The van der Waals surface area contributed by atoms with Gasteiger partial charge in [0.05, 0.1) is 5.52 Å². The summed E-state index contributed by atoms with van der Waals surface area (Å²) in [5, 5.41) is 2.00. The Labute approximate surface area is 127 Å². The monoisotopic (exact) mass is 302 g/mol. The summed E-state index contributed by atoms with van der Waals surface area (Å²) in [5.41, 5.74) is 3.94. The largest absolute Gasteiger partial charge is 0.228 e. The van der Waals surface area contributed by atoms with Crippen molar-refractivity contribution in [2.75, 3.05) is 0 Å². The molecule has 0 amide bonds. The fourth-order valence-electron chi connectivity index (χ4n) is 2.16. The average molecular weight is 303 g/mol. The number of fused-ring (bicyclic) bond motifs is 1. The maximum atomic E-state index is 6.29. The van der Waals surface area contributed by atoms with Crippen molar-refractivity contribution in [2.45, 2.75) is 13.8 Å². The number of benzene rings is 2. The summed E-state index contributed by atoms with van der Waals surface area (Å²) in [7, 11) is 0. The van der Waals surface area contributed by atoms with Gasteiger partial charge in [-0.3, -0.25) is 0 Å². The second-order valence-electron chi connectivity index (χ2n) is 4.82. The summed E-state index contributed by atoms with van der Waals surface area (Å²) < 4.78 is 0. The number of halogens is 2. The van der Waals surface area contributed by atoms with E-state index in [1.54, 1.807) is 0 Å². The summed E-state index contributed by atoms with van der Waals surface area (Å²) in [6, 6.07) is 11.6. The van der Waals surface area contributed by atoms with Crippen LogP contribution in [0.5, 0.6) is 0 Å². The van der Waals surface area contributed by atoms with Crippen LogP contribution in [0.25, 0.3) is 22.3 Å². The predicted molar refractivity (Wildman–Crippen MR) is 84.5 cm³/mol. The minimum Gasteiger partial charge on any atom is -0.228 e. The van der Waals surface area contributed by atoms with E-state index in [9.17, 15) is 0 Å². The van der Waals surface area contributed by atoms with Gasteiger partial charge in [-0.2, -0.15) is 0 Å². The van der Waals surface area contributed by atoms with Crippen LogP contribution < -0.4 is 0 Å². The highest BCUT2D eigenvalue weighted by Crippen LogP contribution is 2.28. The molecule has 100 valence electrons. The molecule has 3 aromatic rings. The Kier molecular flexibility index (Phi) is 3.36. The van der Waals surface area contributed by atoms with Crippen molar-refractivity contribution in [3.8, 4) is 11.4 Å². The zero-order valence-corrected chi connectivity index (χ0v) is 12.6. The third-order valence-corrected chi connectivity index (χ3v) is 3.77. The molecule has 0 unspecified atom stereocenters. The number of hydrogen-bond acceptors (Lipinski definition) is 2.